The average molecular weight is 417 g/mol. The number of nitrogens with zero attached hydrogens (tertiary/aromatic N) is 3. The monoisotopic (exact) mass is 416 g/mol. The maximum absolute atomic E-state index is 11.9. The Balaban J connectivity index is 1.74. The first kappa shape index (κ1) is 20.0. The zero-order valence-corrected chi connectivity index (χ0v) is 16.6. The van der Waals surface area contributed by atoms with Crippen LogP contribution in [0.15, 0.2) is 32.9 Å². The van der Waals surface area contributed by atoms with Crippen molar-refractivity contribution in [2.24, 2.45) is 0 Å². The molecular formula is C14H16N4O3S4. The summed E-state index contributed by atoms with van der Waals surface area (Å²) in [7, 11) is 3.38. The number of thioether (sulfide) groups is 1. The average Bonchev–Trinajstić information content (AvgIpc) is 3.05. The summed E-state index contributed by atoms with van der Waals surface area (Å²) in [4.78, 5) is 22.1. The van der Waals surface area contributed by atoms with Crippen LogP contribution in [0.1, 0.15) is 19.8 Å². The first-order valence-electron chi connectivity index (χ1n) is 7.38. The largest absolute Gasteiger partial charge is 0.325 e. The highest BCUT2D eigenvalue weighted by atomic mass is 33.1. The number of non-ortho nitro benzene ring substituents is 1. The molecule has 0 saturated heterocycles. The van der Waals surface area contributed by atoms with Gasteiger partial charge < -0.3 is 5.32 Å². The van der Waals surface area contributed by atoms with E-state index in [0.717, 1.165) is 14.4 Å². The van der Waals surface area contributed by atoms with Gasteiger partial charge in [0, 0.05) is 23.6 Å². The normalized spacial score (nSPS) is 10.6. The van der Waals surface area contributed by atoms with Crippen molar-refractivity contribution < 1.29 is 9.72 Å². The van der Waals surface area contributed by atoms with Crippen LogP contribution in [0, 0.1) is 10.1 Å². The molecule has 1 amide bonds. The number of rotatable bonds is 10. The fourth-order valence-electron chi connectivity index (χ4n) is 1.58. The molecule has 2 rings (SSSR count). The van der Waals surface area contributed by atoms with Gasteiger partial charge in [0.05, 0.1) is 10.7 Å². The summed E-state index contributed by atoms with van der Waals surface area (Å²) in [6.07, 6.45) is 2.36. The van der Waals surface area contributed by atoms with Gasteiger partial charge in [-0.2, -0.15) is 0 Å². The smallest absolute Gasteiger partial charge is 0.269 e. The summed E-state index contributed by atoms with van der Waals surface area (Å²) in [6, 6.07) is 5.72. The standard InChI is InChI=1S/C14H16N4O3S4/c1-2-3-8-23-25-14-17-16-13(24-14)22-9-12(19)15-10-4-6-11(7-5-10)18(20)21/h4-7H,2-3,8-9H2,1H3,(H,15,19). The molecule has 0 fully saturated rings. The number of nitro benzene ring substituents is 1. The van der Waals surface area contributed by atoms with Gasteiger partial charge in [0.15, 0.2) is 8.68 Å². The zero-order chi connectivity index (χ0) is 18.1. The molecule has 2 aromatic rings. The van der Waals surface area contributed by atoms with E-state index in [0.29, 0.717) is 5.69 Å². The van der Waals surface area contributed by atoms with Crippen LogP contribution in [0.3, 0.4) is 0 Å². The fourth-order valence-corrected chi connectivity index (χ4v) is 5.90. The van der Waals surface area contributed by atoms with Gasteiger partial charge in [-0.15, -0.1) is 10.2 Å². The molecule has 0 aliphatic heterocycles. The number of carbonyl (C=O) groups excluding carboxylic acids is 1. The van der Waals surface area contributed by atoms with Crippen molar-refractivity contribution in [2.45, 2.75) is 28.4 Å². The number of hydrogen-bond donors (Lipinski definition) is 1. The van der Waals surface area contributed by atoms with Gasteiger partial charge in [-0.1, -0.05) is 47.2 Å². The van der Waals surface area contributed by atoms with Crippen molar-refractivity contribution in [1.29, 1.82) is 0 Å². The van der Waals surface area contributed by atoms with Gasteiger partial charge in [-0.25, -0.2) is 0 Å². The molecule has 11 heteroatoms. The number of nitro groups is 1. The molecule has 25 heavy (non-hydrogen) atoms. The number of amides is 1. The van der Waals surface area contributed by atoms with Crippen LogP contribution in [0.5, 0.6) is 0 Å². The fraction of sp³-hybridized carbons (Fsp3) is 0.357. The molecule has 0 radical (unpaired) electrons. The van der Waals surface area contributed by atoms with Gasteiger partial charge in [0.1, 0.15) is 0 Å². The lowest BCUT2D eigenvalue weighted by Gasteiger charge is -2.03. The number of anilines is 1. The second-order valence-electron chi connectivity index (χ2n) is 4.73. The van der Waals surface area contributed by atoms with E-state index < -0.39 is 4.92 Å². The van der Waals surface area contributed by atoms with Crippen molar-refractivity contribution in [3.05, 3.63) is 34.4 Å². The first-order chi connectivity index (χ1) is 12.1. The number of nitrogens with one attached hydrogen (secondary N) is 1. The van der Waals surface area contributed by atoms with Crippen molar-refractivity contribution in [3.63, 3.8) is 0 Å². The highest BCUT2D eigenvalue weighted by molar-refractivity contribution is 8.77. The third kappa shape index (κ3) is 7.22. The lowest BCUT2D eigenvalue weighted by atomic mass is 10.3. The highest BCUT2D eigenvalue weighted by Gasteiger charge is 2.10. The van der Waals surface area contributed by atoms with Crippen LogP contribution in [0.25, 0.3) is 0 Å². The number of aromatic nitrogens is 2. The quantitative estimate of drug-likeness (QED) is 0.195. The van der Waals surface area contributed by atoms with Crippen LogP contribution in [-0.4, -0.2) is 32.5 Å². The zero-order valence-electron chi connectivity index (χ0n) is 13.3. The van der Waals surface area contributed by atoms with Crippen LogP contribution < -0.4 is 5.32 Å². The first-order valence-corrected chi connectivity index (χ1v) is 11.5. The maximum Gasteiger partial charge on any atom is 0.269 e. The molecule has 0 aliphatic rings. The summed E-state index contributed by atoms with van der Waals surface area (Å²) in [5.41, 5.74) is 0.514. The Morgan fingerprint density at radius 3 is 2.68 bits per heavy atom. The Morgan fingerprint density at radius 1 is 1.28 bits per heavy atom. The topological polar surface area (TPSA) is 98.0 Å². The van der Waals surface area contributed by atoms with Crippen molar-refractivity contribution in [3.8, 4) is 0 Å². The number of benzene rings is 1. The molecule has 0 aliphatic carbocycles. The van der Waals surface area contributed by atoms with Gasteiger partial charge in [0.25, 0.3) is 5.69 Å². The van der Waals surface area contributed by atoms with Crippen LogP contribution in [-0.2, 0) is 4.79 Å². The minimum atomic E-state index is -0.479. The molecular weight excluding hydrogens is 400 g/mol. The van der Waals surface area contributed by atoms with Gasteiger partial charge >= 0.3 is 0 Å². The third-order valence-corrected chi connectivity index (χ3v) is 7.58. The van der Waals surface area contributed by atoms with E-state index in [-0.39, 0.29) is 17.3 Å². The van der Waals surface area contributed by atoms with E-state index in [1.165, 1.54) is 60.2 Å². The lowest BCUT2D eigenvalue weighted by molar-refractivity contribution is -0.384. The van der Waals surface area contributed by atoms with Crippen LogP contribution in [0.4, 0.5) is 11.4 Å². The molecule has 0 unspecified atom stereocenters. The van der Waals surface area contributed by atoms with E-state index in [1.54, 1.807) is 21.6 Å². The van der Waals surface area contributed by atoms with E-state index in [4.69, 9.17) is 0 Å². The summed E-state index contributed by atoms with van der Waals surface area (Å²) in [6.45, 7) is 2.16. The lowest BCUT2D eigenvalue weighted by Crippen LogP contribution is -2.13. The van der Waals surface area contributed by atoms with Gasteiger partial charge in [0.2, 0.25) is 5.91 Å². The number of unbranched alkanes of at least 4 members (excludes halogenated alkanes) is 1. The van der Waals surface area contributed by atoms with Crippen molar-refractivity contribution in [1.82, 2.24) is 10.2 Å². The predicted octanol–water partition coefficient (Wildman–Crippen LogP) is 4.72. The summed E-state index contributed by atoms with van der Waals surface area (Å²) < 4.78 is 1.64. The maximum atomic E-state index is 11.9. The molecule has 0 spiro atoms. The molecule has 1 N–H and O–H groups in total. The van der Waals surface area contributed by atoms with Crippen LogP contribution in [0.2, 0.25) is 0 Å². The van der Waals surface area contributed by atoms with Gasteiger partial charge in [-0.05, 0) is 29.3 Å². The molecule has 1 aromatic heterocycles. The Kier molecular flexibility index (Phi) is 8.52. The molecule has 1 heterocycles. The van der Waals surface area contributed by atoms with Crippen molar-refractivity contribution >= 4 is 62.0 Å². The Hall–Kier alpha value is -1.30. The Labute approximate surface area is 161 Å². The molecule has 0 bridgehead atoms. The predicted molar refractivity (Wildman–Crippen MR) is 106 cm³/mol. The minimum Gasteiger partial charge on any atom is -0.325 e. The number of carbonyl (C=O) groups is 1. The molecule has 0 atom stereocenters. The minimum absolute atomic E-state index is 0.0110. The second kappa shape index (κ2) is 10.6. The van der Waals surface area contributed by atoms with E-state index >= 15 is 0 Å². The van der Waals surface area contributed by atoms with Crippen LogP contribution >= 0.6 is 44.7 Å². The molecule has 0 saturated carbocycles. The third-order valence-electron chi connectivity index (χ3n) is 2.79. The van der Waals surface area contributed by atoms with Gasteiger partial charge in [-0.3, -0.25) is 14.9 Å². The van der Waals surface area contributed by atoms with Crippen molar-refractivity contribution in [2.75, 3.05) is 16.8 Å². The van der Waals surface area contributed by atoms with E-state index in [9.17, 15) is 14.9 Å². The molecule has 134 valence electrons. The Morgan fingerprint density at radius 2 is 2.00 bits per heavy atom. The highest BCUT2D eigenvalue weighted by Crippen LogP contribution is 2.36. The summed E-state index contributed by atoms with van der Waals surface area (Å²) in [5.74, 6) is 1.10. The summed E-state index contributed by atoms with van der Waals surface area (Å²) in [5, 5.41) is 21.5. The number of hydrogen-bond acceptors (Lipinski definition) is 9. The summed E-state index contributed by atoms with van der Waals surface area (Å²) >= 11 is 2.79. The SMILES string of the molecule is CCCCSSc1nnc(SCC(=O)Nc2ccc([N+](=O)[O-])cc2)s1. The Bertz CT molecular complexity index is 708. The molecule has 7 nitrogen and oxygen atoms in total. The van der Waals surface area contributed by atoms with E-state index in [2.05, 4.69) is 22.4 Å². The van der Waals surface area contributed by atoms with E-state index in [1.807, 2.05) is 0 Å². The second-order valence-corrected chi connectivity index (χ2v) is 9.60. The molecule has 1 aromatic carbocycles.